The maximum Gasteiger partial charge on any atom is 0.411 e. The number of piperidine rings is 1. The van der Waals surface area contributed by atoms with E-state index in [2.05, 4.69) is 6.08 Å². The van der Waals surface area contributed by atoms with Crippen LogP contribution in [-0.2, 0) is 4.74 Å². The molecule has 1 aromatic rings. The quantitative estimate of drug-likeness (QED) is 0.773. The molecule has 3 rings (SSSR count). The average molecular weight is 347 g/mol. The fourth-order valence-corrected chi connectivity index (χ4v) is 3.70. The lowest BCUT2D eigenvalue weighted by atomic mass is 9.83. The van der Waals surface area contributed by atoms with Gasteiger partial charge in [-0.1, -0.05) is 12.1 Å². The van der Waals surface area contributed by atoms with Crippen molar-refractivity contribution in [3.8, 4) is 5.75 Å². The number of ether oxygens (including phenoxy) is 2. The zero-order chi connectivity index (χ0) is 18.2. The standard InChI is InChI=1S/C20H26FNO3/c1-20(2,3)25-19(23)22-15-6-5-7-16(22)11-14(10-15)13-8-9-17(21)18(12-13)24-4/h8-10,12,15-16H,5-7,11H2,1-4H3. The molecule has 2 unspecified atom stereocenters. The highest BCUT2D eigenvalue weighted by atomic mass is 19.1. The summed E-state index contributed by atoms with van der Waals surface area (Å²) in [7, 11) is 1.47. The minimum absolute atomic E-state index is 0.0356. The number of carbonyl (C=O) groups is 1. The van der Waals surface area contributed by atoms with E-state index < -0.39 is 5.60 Å². The second-order valence-corrected chi connectivity index (χ2v) is 7.79. The molecule has 2 bridgehead atoms. The van der Waals surface area contributed by atoms with Crippen LogP contribution < -0.4 is 4.74 Å². The van der Waals surface area contributed by atoms with E-state index >= 15 is 0 Å². The van der Waals surface area contributed by atoms with Crippen molar-refractivity contribution in [1.29, 1.82) is 0 Å². The Bertz CT molecular complexity index is 693. The van der Waals surface area contributed by atoms with Crippen LogP contribution >= 0.6 is 0 Å². The average Bonchev–Trinajstić information content (AvgIpc) is 2.52. The molecule has 1 amide bonds. The molecule has 1 fully saturated rings. The van der Waals surface area contributed by atoms with Crippen LogP contribution in [0.4, 0.5) is 9.18 Å². The maximum atomic E-state index is 13.7. The van der Waals surface area contributed by atoms with E-state index in [0.29, 0.717) is 0 Å². The molecule has 2 heterocycles. The fourth-order valence-electron chi connectivity index (χ4n) is 3.70. The molecule has 0 N–H and O–H groups in total. The maximum absolute atomic E-state index is 13.7. The SMILES string of the molecule is COc1cc(C2=CC3CCCC(C2)N3C(=O)OC(C)(C)C)ccc1F. The zero-order valence-corrected chi connectivity index (χ0v) is 15.3. The molecule has 2 aliphatic heterocycles. The number of benzene rings is 1. The van der Waals surface area contributed by atoms with Crippen molar-refractivity contribution >= 4 is 11.7 Å². The molecule has 136 valence electrons. The van der Waals surface area contributed by atoms with Crippen LogP contribution in [0.1, 0.15) is 52.0 Å². The Morgan fingerprint density at radius 1 is 1.28 bits per heavy atom. The second kappa shape index (κ2) is 6.70. The molecule has 2 aliphatic rings. The molecule has 0 spiro atoms. The monoisotopic (exact) mass is 347 g/mol. The van der Waals surface area contributed by atoms with Crippen LogP contribution in [0.25, 0.3) is 5.57 Å². The number of halogens is 1. The van der Waals surface area contributed by atoms with Crippen molar-refractivity contribution in [2.24, 2.45) is 0 Å². The van der Waals surface area contributed by atoms with Gasteiger partial charge in [-0.25, -0.2) is 9.18 Å². The smallest absolute Gasteiger partial charge is 0.411 e. The van der Waals surface area contributed by atoms with E-state index in [4.69, 9.17) is 9.47 Å². The molecular weight excluding hydrogens is 321 g/mol. The van der Waals surface area contributed by atoms with Crippen molar-refractivity contribution in [2.75, 3.05) is 7.11 Å². The van der Waals surface area contributed by atoms with E-state index in [-0.39, 0.29) is 29.7 Å². The van der Waals surface area contributed by atoms with Crippen molar-refractivity contribution in [1.82, 2.24) is 4.90 Å². The first kappa shape index (κ1) is 17.8. The van der Waals surface area contributed by atoms with E-state index in [9.17, 15) is 9.18 Å². The van der Waals surface area contributed by atoms with Gasteiger partial charge in [0.2, 0.25) is 0 Å². The van der Waals surface area contributed by atoms with Gasteiger partial charge in [-0.05, 0) is 69.7 Å². The normalized spacial score (nSPS) is 23.1. The Kier molecular flexibility index (Phi) is 4.76. The molecule has 25 heavy (non-hydrogen) atoms. The minimum atomic E-state index is -0.500. The number of carbonyl (C=O) groups excluding carboxylic acids is 1. The predicted octanol–water partition coefficient (Wildman–Crippen LogP) is 4.78. The molecule has 0 saturated carbocycles. The Morgan fingerprint density at radius 3 is 2.68 bits per heavy atom. The number of hydrogen-bond donors (Lipinski definition) is 0. The summed E-state index contributed by atoms with van der Waals surface area (Å²) in [4.78, 5) is 14.5. The summed E-state index contributed by atoms with van der Waals surface area (Å²) in [6.07, 6.45) is 5.64. The minimum Gasteiger partial charge on any atom is -0.494 e. The summed E-state index contributed by atoms with van der Waals surface area (Å²) in [5.74, 6) is -0.114. The van der Waals surface area contributed by atoms with Crippen LogP contribution in [0.5, 0.6) is 5.75 Å². The van der Waals surface area contributed by atoms with E-state index in [1.165, 1.54) is 13.2 Å². The highest BCUT2D eigenvalue weighted by Gasteiger charge is 2.39. The first-order chi connectivity index (χ1) is 11.8. The lowest BCUT2D eigenvalue weighted by molar-refractivity contribution is 0.0000835. The van der Waals surface area contributed by atoms with Gasteiger partial charge in [0, 0.05) is 6.04 Å². The van der Waals surface area contributed by atoms with Gasteiger partial charge in [0.05, 0.1) is 13.2 Å². The van der Waals surface area contributed by atoms with Gasteiger partial charge >= 0.3 is 6.09 Å². The Balaban J connectivity index is 1.87. The van der Waals surface area contributed by atoms with Crippen molar-refractivity contribution in [3.05, 3.63) is 35.7 Å². The second-order valence-electron chi connectivity index (χ2n) is 7.79. The third-order valence-corrected chi connectivity index (χ3v) is 4.76. The van der Waals surface area contributed by atoms with Gasteiger partial charge in [0.25, 0.3) is 0 Å². The lowest BCUT2D eigenvalue weighted by Crippen LogP contribution is -2.53. The highest BCUT2D eigenvalue weighted by molar-refractivity contribution is 5.75. The topological polar surface area (TPSA) is 38.8 Å². The number of amides is 1. The summed E-state index contributed by atoms with van der Waals surface area (Å²) in [6, 6.07) is 5.12. The Hall–Kier alpha value is -2.04. The summed E-state index contributed by atoms with van der Waals surface area (Å²) in [5.41, 5.74) is 1.60. The predicted molar refractivity (Wildman–Crippen MR) is 95.0 cm³/mol. The molecule has 1 aromatic carbocycles. The van der Waals surface area contributed by atoms with Gasteiger partial charge < -0.3 is 9.47 Å². The molecule has 2 atom stereocenters. The van der Waals surface area contributed by atoms with Gasteiger partial charge in [-0.15, -0.1) is 0 Å². The summed E-state index contributed by atoms with van der Waals surface area (Å²) in [5, 5.41) is 0. The van der Waals surface area contributed by atoms with Crippen LogP contribution in [0, 0.1) is 5.82 Å². The largest absolute Gasteiger partial charge is 0.494 e. The van der Waals surface area contributed by atoms with Gasteiger partial charge in [0.15, 0.2) is 11.6 Å². The van der Waals surface area contributed by atoms with Crippen LogP contribution in [-0.4, -0.2) is 35.8 Å². The van der Waals surface area contributed by atoms with Crippen molar-refractivity contribution in [2.45, 2.75) is 64.1 Å². The van der Waals surface area contributed by atoms with Crippen LogP contribution in [0.15, 0.2) is 24.3 Å². The van der Waals surface area contributed by atoms with Gasteiger partial charge in [-0.2, -0.15) is 0 Å². The molecule has 0 aromatic heterocycles. The van der Waals surface area contributed by atoms with Crippen LogP contribution in [0.3, 0.4) is 0 Å². The molecule has 0 radical (unpaired) electrons. The van der Waals surface area contributed by atoms with Crippen molar-refractivity contribution in [3.63, 3.8) is 0 Å². The first-order valence-electron chi connectivity index (χ1n) is 8.84. The number of methoxy groups -OCH3 is 1. The zero-order valence-electron chi connectivity index (χ0n) is 15.3. The van der Waals surface area contributed by atoms with E-state index in [1.807, 2.05) is 25.7 Å². The molecule has 1 saturated heterocycles. The summed E-state index contributed by atoms with van der Waals surface area (Å²) < 4.78 is 24.4. The third-order valence-electron chi connectivity index (χ3n) is 4.76. The number of nitrogens with zero attached hydrogens (tertiary/aromatic N) is 1. The molecule has 0 aliphatic carbocycles. The Labute approximate surface area is 148 Å². The fraction of sp³-hybridized carbons (Fsp3) is 0.550. The molecule has 5 heteroatoms. The van der Waals surface area contributed by atoms with E-state index in [0.717, 1.165) is 36.8 Å². The summed E-state index contributed by atoms with van der Waals surface area (Å²) >= 11 is 0. The van der Waals surface area contributed by atoms with Gasteiger partial charge in [0.1, 0.15) is 5.60 Å². The molecule has 4 nitrogen and oxygen atoms in total. The number of rotatable bonds is 2. The lowest BCUT2D eigenvalue weighted by Gasteiger charge is -2.45. The Morgan fingerprint density at radius 2 is 2.04 bits per heavy atom. The van der Waals surface area contributed by atoms with Crippen LogP contribution in [0.2, 0.25) is 0 Å². The highest BCUT2D eigenvalue weighted by Crippen LogP contribution is 2.38. The summed E-state index contributed by atoms with van der Waals surface area (Å²) in [6.45, 7) is 5.66. The third kappa shape index (κ3) is 3.80. The van der Waals surface area contributed by atoms with Gasteiger partial charge in [-0.3, -0.25) is 4.90 Å². The number of fused-ring (bicyclic) bond motifs is 2. The first-order valence-corrected chi connectivity index (χ1v) is 8.84. The molecular formula is C20H26FNO3. The van der Waals surface area contributed by atoms with Crippen molar-refractivity contribution < 1.29 is 18.7 Å². The van der Waals surface area contributed by atoms with E-state index in [1.54, 1.807) is 12.1 Å². The number of hydrogen-bond acceptors (Lipinski definition) is 3.